The maximum atomic E-state index is 11.0. The topological polar surface area (TPSA) is 102 Å². The number of nitrogens with two attached hydrogens (primary N) is 1. The predicted octanol–water partition coefficient (Wildman–Crippen LogP) is 3.41. The van der Waals surface area contributed by atoms with Gasteiger partial charge < -0.3 is 10.5 Å². The number of rotatable bonds is 8. The van der Waals surface area contributed by atoms with Gasteiger partial charge in [0, 0.05) is 11.5 Å². The van der Waals surface area contributed by atoms with Gasteiger partial charge in [-0.05, 0) is 31.7 Å². The first kappa shape index (κ1) is 16.9. The first-order valence-electron chi connectivity index (χ1n) is 6.97. The lowest BCUT2D eigenvalue weighted by atomic mass is 9.86. The van der Waals surface area contributed by atoms with Crippen LogP contribution in [0.2, 0.25) is 0 Å². The third-order valence-electron chi connectivity index (χ3n) is 3.56. The quantitative estimate of drug-likeness (QED) is 0.252. The fraction of sp³-hybridized carbons (Fsp3) is 0.533. The highest BCUT2D eigenvalue weighted by molar-refractivity contribution is 5.82. The number of nitrogens with one attached hydrogen (secondary N) is 1. The van der Waals surface area contributed by atoms with Gasteiger partial charge in [-0.1, -0.05) is 26.0 Å². The van der Waals surface area contributed by atoms with Gasteiger partial charge in [0.25, 0.3) is 0 Å². The van der Waals surface area contributed by atoms with Crippen molar-refractivity contribution in [2.24, 2.45) is 11.1 Å². The van der Waals surface area contributed by atoms with Gasteiger partial charge in [-0.3, -0.25) is 15.5 Å². The van der Waals surface area contributed by atoms with E-state index in [1.807, 2.05) is 13.8 Å². The molecule has 0 aromatic heterocycles. The average molecular weight is 293 g/mol. The van der Waals surface area contributed by atoms with Crippen molar-refractivity contribution in [3.05, 3.63) is 33.9 Å². The van der Waals surface area contributed by atoms with E-state index in [1.54, 1.807) is 19.1 Å². The zero-order valence-corrected chi connectivity index (χ0v) is 12.8. The summed E-state index contributed by atoms with van der Waals surface area (Å²) < 4.78 is 5.58. The molecule has 6 nitrogen and oxygen atoms in total. The molecule has 0 atom stereocenters. The number of ether oxygens (including phenoxy) is 1. The molecule has 1 rings (SSSR count). The smallest absolute Gasteiger partial charge is 0.311 e. The van der Waals surface area contributed by atoms with Crippen molar-refractivity contribution in [2.45, 2.75) is 40.0 Å². The Morgan fingerprint density at radius 3 is 2.67 bits per heavy atom. The molecular weight excluding hydrogens is 270 g/mol. The number of para-hydroxylation sites is 1. The molecule has 0 spiro atoms. The van der Waals surface area contributed by atoms with Crippen LogP contribution in [0.5, 0.6) is 5.75 Å². The normalized spacial score (nSPS) is 11.2. The molecule has 0 amide bonds. The summed E-state index contributed by atoms with van der Waals surface area (Å²) in [4.78, 5) is 10.5. The number of nitrogens with zero attached hydrogens (tertiary/aromatic N) is 1. The van der Waals surface area contributed by atoms with Crippen LogP contribution < -0.4 is 10.5 Å². The second-order valence-corrected chi connectivity index (χ2v) is 5.78. The third-order valence-corrected chi connectivity index (χ3v) is 3.56. The summed E-state index contributed by atoms with van der Waals surface area (Å²) in [5.74, 6) is 0.520. The van der Waals surface area contributed by atoms with Crippen LogP contribution >= 0.6 is 0 Å². The minimum atomic E-state index is -0.429. The van der Waals surface area contributed by atoms with E-state index in [1.165, 1.54) is 6.07 Å². The second kappa shape index (κ2) is 7.06. The Morgan fingerprint density at radius 2 is 2.10 bits per heavy atom. The van der Waals surface area contributed by atoms with Gasteiger partial charge in [0.2, 0.25) is 0 Å². The molecule has 1 aromatic carbocycles. The van der Waals surface area contributed by atoms with E-state index >= 15 is 0 Å². The van der Waals surface area contributed by atoms with Gasteiger partial charge in [0.1, 0.15) is 0 Å². The van der Waals surface area contributed by atoms with Crippen LogP contribution in [0.15, 0.2) is 18.2 Å². The summed E-state index contributed by atoms with van der Waals surface area (Å²) in [5, 5.41) is 18.4. The SMILES string of the molecule is Cc1cccc([N+](=O)[O-])c1OCCCCC(C)(C)C(=N)N. The summed E-state index contributed by atoms with van der Waals surface area (Å²) in [6.45, 7) is 6.08. The van der Waals surface area contributed by atoms with Crippen molar-refractivity contribution >= 4 is 11.5 Å². The highest BCUT2D eigenvalue weighted by Crippen LogP contribution is 2.30. The number of nitro groups is 1. The summed E-state index contributed by atoms with van der Waals surface area (Å²) in [6.07, 6.45) is 2.41. The van der Waals surface area contributed by atoms with Crippen molar-refractivity contribution in [2.75, 3.05) is 6.61 Å². The van der Waals surface area contributed by atoms with Crippen LogP contribution in [-0.2, 0) is 0 Å². The van der Waals surface area contributed by atoms with Crippen LogP contribution in [0.25, 0.3) is 0 Å². The Bertz CT molecular complexity index is 527. The number of unbranched alkanes of at least 4 members (excludes halogenated alkanes) is 1. The molecule has 0 aliphatic rings. The lowest BCUT2D eigenvalue weighted by Gasteiger charge is -2.22. The predicted molar refractivity (Wildman–Crippen MR) is 82.9 cm³/mol. The Balaban J connectivity index is 2.51. The second-order valence-electron chi connectivity index (χ2n) is 5.78. The molecule has 1 aromatic rings. The molecule has 0 saturated heterocycles. The maximum absolute atomic E-state index is 11.0. The van der Waals surface area contributed by atoms with Gasteiger partial charge in [-0.2, -0.15) is 0 Å². The molecule has 116 valence electrons. The lowest BCUT2D eigenvalue weighted by Crippen LogP contribution is -2.30. The van der Waals surface area contributed by atoms with E-state index in [0.717, 1.165) is 24.8 Å². The Morgan fingerprint density at radius 1 is 1.43 bits per heavy atom. The van der Waals surface area contributed by atoms with Crippen molar-refractivity contribution < 1.29 is 9.66 Å². The standard InChI is InChI=1S/C15H23N3O3/c1-11-7-6-8-12(18(19)20)13(11)21-10-5-4-9-15(2,3)14(16)17/h6-8H,4-5,9-10H2,1-3H3,(H3,16,17). The molecule has 0 unspecified atom stereocenters. The van der Waals surface area contributed by atoms with Gasteiger partial charge in [-0.25, -0.2) is 0 Å². The van der Waals surface area contributed by atoms with Crippen molar-refractivity contribution in [3.63, 3.8) is 0 Å². The van der Waals surface area contributed by atoms with Gasteiger partial charge in [0.15, 0.2) is 5.75 Å². The van der Waals surface area contributed by atoms with Crippen LogP contribution in [-0.4, -0.2) is 17.4 Å². The molecular formula is C15H23N3O3. The minimum absolute atomic E-state index is 0.000865. The van der Waals surface area contributed by atoms with E-state index in [2.05, 4.69) is 0 Å². The first-order chi connectivity index (χ1) is 9.75. The number of amidine groups is 1. The number of aryl methyl sites for hydroxylation is 1. The van der Waals surface area contributed by atoms with Gasteiger partial charge in [-0.15, -0.1) is 0 Å². The molecule has 0 radical (unpaired) electrons. The molecule has 6 heteroatoms. The highest BCUT2D eigenvalue weighted by atomic mass is 16.6. The summed E-state index contributed by atoms with van der Waals surface area (Å²) in [5.41, 5.74) is 5.97. The fourth-order valence-electron chi connectivity index (χ4n) is 1.95. The van der Waals surface area contributed by atoms with Crippen LogP contribution in [0, 0.1) is 27.9 Å². The third kappa shape index (κ3) is 4.73. The van der Waals surface area contributed by atoms with Crippen molar-refractivity contribution in [1.82, 2.24) is 0 Å². The molecule has 0 fully saturated rings. The lowest BCUT2D eigenvalue weighted by molar-refractivity contribution is -0.385. The molecule has 0 bridgehead atoms. The Kier molecular flexibility index (Phi) is 5.69. The van der Waals surface area contributed by atoms with E-state index in [0.29, 0.717) is 12.4 Å². The monoisotopic (exact) mass is 293 g/mol. The molecule has 0 aliphatic heterocycles. The van der Waals surface area contributed by atoms with E-state index < -0.39 is 4.92 Å². The highest BCUT2D eigenvalue weighted by Gasteiger charge is 2.21. The minimum Gasteiger partial charge on any atom is -0.487 e. The number of hydrogen-bond donors (Lipinski definition) is 2. The van der Waals surface area contributed by atoms with Gasteiger partial charge >= 0.3 is 5.69 Å². The van der Waals surface area contributed by atoms with Crippen molar-refractivity contribution in [1.29, 1.82) is 5.41 Å². The Hall–Kier alpha value is -2.11. The van der Waals surface area contributed by atoms with Crippen LogP contribution in [0.4, 0.5) is 5.69 Å². The van der Waals surface area contributed by atoms with E-state index in [9.17, 15) is 10.1 Å². The maximum Gasteiger partial charge on any atom is 0.311 e. The zero-order valence-electron chi connectivity index (χ0n) is 12.8. The van der Waals surface area contributed by atoms with Crippen LogP contribution in [0.1, 0.15) is 38.7 Å². The summed E-state index contributed by atoms with van der Waals surface area (Å²) >= 11 is 0. The Labute approximate surface area is 125 Å². The zero-order chi connectivity index (χ0) is 16.0. The summed E-state index contributed by atoms with van der Waals surface area (Å²) in [6, 6.07) is 4.89. The molecule has 21 heavy (non-hydrogen) atoms. The molecule has 0 saturated carbocycles. The fourth-order valence-corrected chi connectivity index (χ4v) is 1.95. The number of hydrogen-bond acceptors (Lipinski definition) is 4. The average Bonchev–Trinajstić information content (AvgIpc) is 2.39. The number of benzene rings is 1. The van der Waals surface area contributed by atoms with E-state index in [4.69, 9.17) is 15.9 Å². The van der Waals surface area contributed by atoms with Crippen molar-refractivity contribution in [3.8, 4) is 5.75 Å². The van der Waals surface area contributed by atoms with Crippen LogP contribution in [0.3, 0.4) is 0 Å². The molecule has 0 heterocycles. The number of nitro benzene ring substituents is 1. The molecule has 0 aliphatic carbocycles. The largest absolute Gasteiger partial charge is 0.487 e. The first-order valence-corrected chi connectivity index (χ1v) is 6.97. The summed E-state index contributed by atoms with van der Waals surface area (Å²) in [7, 11) is 0. The van der Waals surface area contributed by atoms with E-state index in [-0.39, 0.29) is 16.9 Å². The molecule has 3 N–H and O–H groups in total. The van der Waals surface area contributed by atoms with Gasteiger partial charge in [0.05, 0.1) is 17.4 Å².